The highest BCUT2D eigenvalue weighted by Gasteiger charge is 2.14. The van der Waals surface area contributed by atoms with E-state index in [0.717, 1.165) is 0 Å². The Morgan fingerprint density at radius 1 is 0.967 bits per heavy atom. The molecular formula is C22H20N2O6. The van der Waals surface area contributed by atoms with Crippen molar-refractivity contribution >= 4 is 23.5 Å². The van der Waals surface area contributed by atoms with Gasteiger partial charge in [0.05, 0.1) is 36.7 Å². The number of para-hydroxylation sites is 1. The maximum absolute atomic E-state index is 12.5. The van der Waals surface area contributed by atoms with Crippen molar-refractivity contribution in [2.45, 2.75) is 6.54 Å². The summed E-state index contributed by atoms with van der Waals surface area (Å²) in [6.07, 6.45) is 1.53. The number of esters is 1. The van der Waals surface area contributed by atoms with Crippen LogP contribution < -0.4 is 15.4 Å². The Bertz CT molecular complexity index is 1010. The summed E-state index contributed by atoms with van der Waals surface area (Å²) in [5.41, 5.74) is 1.06. The Kier molecular flexibility index (Phi) is 6.83. The van der Waals surface area contributed by atoms with Crippen molar-refractivity contribution < 1.29 is 28.3 Å². The standard InChI is InChI=1S/C22H20N2O6/c1-28-22(27)15-8-10-16(11-9-15)30-14-20(25)24-19-7-3-2-6-18(19)21(26)23-13-17-5-4-12-29-17/h2-12H,13-14H2,1H3,(H,23,26)(H,24,25). The van der Waals surface area contributed by atoms with E-state index in [1.54, 1.807) is 48.5 Å². The number of rotatable bonds is 8. The molecule has 0 aliphatic carbocycles. The molecule has 8 nitrogen and oxygen atoms in total. The summed E-state index contributed by atoms with van der Waals surface area (Å²) in [5, 5.41) is 5.41. The Morgan fingerprint density at radius 2 is 1.73 bits per heavy atom. The van der Waals surface area contributed by atoms with E-state index in [4.69, 9.17) is 9.15 Å². The molecule has 0 spiro atoms. The van der Waals surface area contributed by atoms with Crippen LogP contribution >= 0.6 is 0 Å². The van der Waals surface area contributed by atoms with Crippen molar-refractivity contribution in [1.82, 2.24) is 5.32 Å². The van der Waals surface area contributed by atoms with Crippen molar-refractivity contribution in [2.24, 2.45) is 0 Å². The van der Waals surface area contributed by atoms with Gasteiger partial charge in [0.1, 0.15) is 11.5 Å². The number of ether oxygens (including phenoxy) is 2. The second kappa shape index (κ2) is 9.92. The number of benzene rings is 2. The smallest absolute Gasteiger partial charge is 0.337 e. The highest BCUT2D eigenvalue weighted by atomic mass is 16.5. The first kappa shape index (κ1) is 20.7. The van der Waals surface area contributed by atoms with E-state index in [1.807, 2.05) is 0 Å². The lowest BCUT2D eigenvalue weighted by Crippen LogP contribution is -2.26. The normalized spacial score (nSPS) is 10.2. The summed E-state index contributed by atoms with van der Waals surface area (Å²) in [6.45, 7) is -0.0291. The maximum Gasteiger partial charge on any atom is 0.337 e. The summed E-state index contributed by atoms with van der Waals surface area (Å²) < 4.78 is 15.2. The molecule has 1 heterocycles. The quantitative estimate of drug-likeness (QED) is 0.555. The van der Waals surface area contributed by atoms with Crippen molar-refractivity contribution in [3.63, 3.8) is 0 Å². The second-order valence-electron chi connectivity index (χ2n) is 6.16. The predicted molar refractivity (Wildman–Crippen MR) is 108 cm³/mol. The molecule has 0 saturated heterocycles. The van der Waals surface area contributed by atoms with Gasteiger partial charge in [-0.15, -0.1) is 0 Å². The molecule has 0 aliphatic heterocycles. The van der Waals surface area contributed by atoms with Crippen LogP contribution in [0.15, 0.2) is 71.3 Å². The molecule has 0 saturated carbocycles. The largest absolute Gasteiger partial charge is 0.484 e. The SMILES string of the molecule is COC(=O)c1ccc(OCC(=O)Nc2ccccc2C(=O)NCc2ccco2)cc1. The lowest BCUT2D eigenvalue weighted by atomic mass is 10.1. The minimum atomic E-state index is -0.457. The molecule has 2 amide bonds. The molecular weight excluding hydrogens is 388 g/mol. The fourth-order valence-corrected chi connectivity index (χ4v) is 2.61. The maximum atomic E-state index is 12.5. The zero-order valence-corrected chi connectivity index (χ0v) is 16.2. The van der Waals surface area contributed by atoms with Crippen LogP contribution in [0.2, 0.25) is 0 Å². The number of hydrogen-bond donors (Lipinski definition) is 2. The van der Waals surface area contributed by atoms with Gasteiger partial charge in [-0.2, -0.15) is 0 Å². The lowest BCUT2D eigenvalue weighted by Gasteiger charge is -2.12. The van der Waals surface area contributed by atoms with Crippen LogP contribution in [0.3, 0.4) is 0 Å². The fraction of sp³-hybridized carbons (Fsp3) is 0.136. The zero-order valence-electron chi connectivity index (χ0n) is 16.2. The average Bonchev–Trinajstić information content (AvgIpc) is 3.30. The molecule has 3 rings (SSSR count). The Balaban J connectivity index is 1.56. The molecule has 0 unspecified atom stereocenters. The molecule has 154 valence electrons. The van der Waals surface area contributed by atoms with E-state index in [-0.39, 0.29) is 19.1 Å². The Morgan fingerprint density at radius 3 is 2.43 bits per heavy atom. The number of nitrogens with one attached hydrogen (secondary N) is 2. The van der Waals surface area contributed by atoms with Crippen LogP contribution in [0, 0.1) is 0 Å². The number of carbonyl (C=O) groups is 3. The monoisotopic (exact) mass is 408 g/mol. The Labute approximate surface area is 172 Å². The van der Waals surface area contributed by atoms with Gasteiger partial charge in [0.2, 0.25) is 0 Å². The van der Waals surface area contributed by atoms with Crippen LogP contribution in [0.4, 0.5) is 5.69 Å². The van der Waals surface area contributed by atoms with Gasteiger partial charge in [0.25, 0.3) is 11.8 Å². The molecule has 0 atom stereocenters. The molecule has 1 aromatic heterocycles. The average molecular weight is 408 g/mol. The third kappa shape index (κ3) is 5.48. The highest BCUT2D eigenvalue weighted by molar-refractivity contribution is 6.04. The van der Waals surface area contributed by atoms with Crippen LogP contribution in [-0.4, -0.2) is 31.5 Å². The number of carbonyl (C=O) groups excluding carboxylic acids is 3. The van der Waals surface area contributed by atoms with Crippen LogP contribution in [-0.2, 0) is 16.1 Å². The number of anilines is 1. The van der Waals surface area contributed by atoms with Crippen LogP contribution in [0.1, 0.15) is 26.5 Å². The minimum absolute atomic E-state index is 0.235. The van der Waals surface area contributed by atoms with E-state index < -0.39 is 11.9 Å². The summed E-state index contributed by atoms with van der Waals surface area (Å²) in [4.78, 5) is 36.2. The molecule has 30 heavy (non-hydrogen) atoms. The van der Waals surface area contributed by atoms with Gasteiger partial charge < -0.3 is 24.5 Å². The molecule has 0 bridgehead atoms. The van der Waals surface area contributed by atoms with E-state index >= 15 is 0 Å². The first-order valence-corrected chi connectivity index (χ1v) is 9.07. The van der Waals surface area contributed by atoms with Crippen LogP contribution in [0.25, 0.3) is 0 Å². The zero-order chi connectivity index (χ0) is 21.3. The summed E-state index contributed by atoms with van der Waals surface area (Å²) >= 11 is 0. The second-order valence-corrected chi connectivity index (χ2v) is 6.16. The molecule has 3 aromatic rings. The molecule has 0 aliphatic rings. The molecule has 2 N–H and O–H groups in total. The van der Waals surface area contributed by atoms with Gasteiger partial charge in [0.15, 0.2) is 6.61 Å². The van der Waals surface area contributed by atoms with Gasteiger partial charge in [-0.1, -0.05) is 12.1 Å². The van der Waals surface area contributed by atoms with Gasteiger partial charge >= 0.3 is 5.97 Å². The van der Waals surface area contributed by atoms with Crippen molar-refractivity contribution in [3.8, 4) is 5.75 Å². The van der Waals surface area contributed by atoms with Crippen molar-refractivity contribution in [2.75, 3.05) is 19.0 Å². The van der Waals surface area contributed by atoms with Crippen LogP contribution in [0.5, 0.6) is 5.75 Å². The highest BCUT2D eigenvalue weighted by Crippen LogP contribution is 2.16. The summed E-state index contributed by atoms with van der Waals surface area (Å²) in [7, 11) is 1.30. The minimum Gasteiger partial charge on any atom is -0.484 e. The fourth-order valence-electron chi connectivity index (χ4n) is 2.61. The topological polar surface area (TPSA) is 107 Å². The summed E-state index contributed by atoms with van der Waals surface area (Å²) in [6, 6.07) is 16.4. The van der Waals surface area contributed by atoms with Crippen molar-refractivity contribution in [1.29, 1.82) is 0 Å². The summed E-state index contributed by atoms with van der Waals surface area (Å²) in [5.74, 6) is -0.195. The number of amides is 2. The van der Waals surface area contributed by atoms with Gasteiger partial charge in [-0.3, -0.25) is 9.59 Å². The van der Waals surface area contributed by atoms with Gasteiger partial charge in [0, 0.05) is 0 Å². The van der Waals surface area contributed by atoms with E-state index in [1.165, 1.54) is 25.5 Å². The van der Waals surface area contributed by atoms with E-state index in [2.05, 4.69) is 15.4 Å². The first-order chi connectivity index (χ1) is 14.6. The lowest BCUT2D eigenvalue weighted by molar-refractivity contribution is -0.118. The molecule has 0 radical (unpaired) electrons. The molecule has 0 fully saturated rings. The van der Waals surface area contributed by atoms with Gasteiger partial charge in [-0.25, -0.2) is 4.79 Å². The number of methoxy groups -OCH3 is 1. The predicted octanol–water partition coefficient (Wildman–Crippen LogP) is 3.01. The number of hydrogen-bond acceptors (Lipinski definition) is 6. The third-order valence-corrected chi connectivity index (χ3v) is 4.09. The first-order valence-electron chi connectivity index (χ1n) is 9.07. The molecule has 2 aromatic carbocycles. The van der Waals surface area contributed by atoms with E-state index in [9.17, 15) is 14.4 Å². The van der Waals surface area contributed by atoms with Crippen molar-refractivity contribution in [3.05, 3.63) is 83.8 Å². The molecule has 8 heteroatoms. The van der Waals surface area contributed by atoms with E-state index in [0.29, 0.717) is 28.3 Å². The third-order valence-electron chi connectivity index (χ3n) is 4.09. The number of furan rings is 1. The Hall–Kier alpha value is -4.07. The van der Waals surface area contributed by atoms with Gasteiger partial charge in [-0.05, 0) is 48.5 Å².